The van der Waals surface area contributed by atoms with Gasteiger partial charge >= 0.3 is 0 Å². The minimum atomic E-state index is 0.437. The van der Waals surface area contributed by atoms with Gasteiger partial charge in [-0.25, -0.2) is 0 Å². The third kappa shape index (κ3) is 6.75. The fourth-order valence-electron chi connectivity index (χ4n) is 1.63. The summed E-state index contributed by atoms with van der Waals surface area (Å²) in [6.07, 6.45) is 2.52. The topological polar surface area (TPSA) is 12.0 Å². The second-order valence-electron chi connectivity index (χ2n) is 5.71. The minimum absolute atomic E-state index is 0.437. The summed E-state index contributed by atoms with van der Waals surface area (Å²) in [6, 6.07) is 11.2. The lowest BCUT2D eigenvalue weighted by Crippen LogP contribution is -2.29. The van der Waals surface area contributed by atoms with Crippen molar-refractivity contribution >= 4 is 11.8 Å². The van der Waals surface area contributed by atoms with Crippen LogP contribution in [0.2, 0.25) is 0 Å². The van der Waals surface area contributed by atoms with Crippen LogP contribution in [0.25, 0.3) is 0 Å². The molecule has 1 nitrogen and oxygen atoms in total. The first-order valence-electron chi connectivity index (χ1n) is 6.36. The van der Waals surface area contributed by atoms with Gasteiger partial charge < -0.3 is 5.32 Å². The van der Waals surface area contributed by atoms with Gasteiger partial charge in [-0.05, 0) is 37.4 Å². The highest BCUT2D eigenvalue weighted by Gasteiger charge is 2.14. The average Bonchev–Trinajstić information content (AvgIpc) is 2.29. The van der Waals surface area contributed by atoms with Crippen LogP contribution in [-0.4, -0.2) is 18.8 Å². The fraction of sp³-hybridized carbons (Fsp3) is 0.600. The van der Waals surface area contributed by atoms with Crippen molar-refractivity contribution < 1.29 is 0 Å². The van der Waals surface area contributed by atoms with E-state index in [1.54, 1.807) is 0 Å². The van der Waals surface area contributed by atoms with E-state index in [2.05, 4.69) is 63.5 Å². The molecule has 0 fully saturated rings. The van der Waals surface area contributed by atoms with E-state index >= 15 is 0 Å². The number of thioether (sulfide) groups is 1. The summed E-state index contributed by atoms with van der Waals surface area (Å²) in [4.78, 5) is 1.36. The van der Waals surface area contributed by atoms with E-state index in [1.807, 2.05) is 11.8 Å². The van der Waals surface area contributed by atoms with Gasteiger partial charge in [-0.2, -0.15) is 0 Å². The molecular weight excluding hydrogens is 226 g/mol. The predicted octanol–water partition coefficient (Wildman–Crippen LogP) is 4.19. The first-order valence-corrected chi connectivity index (χ1v) is 7.35. The van der Waals surface area contributed by atoms with Gasteiger partial charge in [-0.15, -0.1) is 11.8 Å². The van der Waals surface area contributed by atoms with Crippen LogP contribution < -0.4 is 5.32 Å². The summed E-state index contributed by atoms with van der Waals surface area (Å²) >= 11 is 1.94. The van der Waals surface area contributed by atoms with Crippen molar-refractivity contribution in [3.8, 4) is 0 Å². The van der Waals surface area contributed by atoms with Gasteiger partial charge in [0.25, 0.3) is 0 Å². The molecule has 0 spiro atoms. The molecule has 17 heavy (non-hydrogen) atoms. The molecule has 1 aromatic rings. The van der Waals surface area contributed by atoms with Crippen molar-refractivity contribution in [2.24, 2.45) is 5.41 Å². The lowest BCUT2D eigenvalue weighted by Gasteiger charge is -2.22. The van der Waals surface area contributed by atoms with E-state index in [-0.39, 0.29) is 0 Å². The summed E-state index contributed by atoms with van der Waals surface area (Å²) in [7, 11) is 2.07. The summed E-state index contributed by atoms with van der Waals surface area (Å²) in [6.45, 7) is 6.93. The maximum atomic E-state index is 3.42. The van der Waals surface area contributed by atoms with E-state index in [1.165, 1.54) is 17.7 Å². The first-order chi connectivity index (χ1) is 8.01. The van der Waals surface area contributed by atoms with E-state index in [0.717, 1.165) is 5.75 Å². The Hall–Kier alpha value is -0.470. The molecule has 1 aromatic carbocycles. The van der Waals surface area contributed by atoms with E-state index < -0.39 is 0 Å². The maximum absolute atomic E-state index is 3.42. The van der Waals surface area contributed by atoms with Gasteiger partial charge in [0.05, 0.1) is 0 Å². The number of benzene rings is 1. The molecule has 0 radical (unpaired) electrons. The molecule has 0 amide bonds. The van der Waals surface area contributed by atoms with E-state index in [4.69, 9.17) is 0 Å². The Morgan fingerprint density at radius 2 is 1.82 bits per heavy atom. The minimum Gasteiger partial charge on any atom is -0.316 e. The zero-order chi connectivity index (χ0) is 12.7. The van der Waals surface area contributed by atoms with Crippen molar-refractivity contribution in [2.75, 3.05) is 12.8 Å². The number of rotatable bonds is 6. The zero-order valence-corrected chi connectivity index (χ0v) is 12.3. The third-order valence-corrected chi connectivity index (χ3v) is 4.02. The molecule has 2 heteroatoms. The van der Waals surface area contributed by atoms with Crippen LogP contribution >= 0.6 is 11.8 Å². The molecule has 0 aliphatic rings. The zero-order valence-electron chi connectivity index (χ0n) is 11.5. The van der Waals surface area contributed by atoms with Gasteiger partial charge in [0, 0.05) is 16.7 Å². The molecule has 1 unspecified atom stereocenters. The Labute approximate surface area is 110 Å². The Morgan fingerprint density at radius 1 is 1.18 bits per heavy atom. The molecule has 96 valence electrons. The predicted molar refractivity (Wildman–Crippen MR) is 78.7 cm³/mol. The third-order valence-electron chi connectivity index (χ3n) is 2.85. The quantitative estimate of drug-likeness (QED) is 0.761. The van der Waals surface area contributed by atoms with Crippen LogP contribution in [-0.2, 0) is 0 Å². The van der Waals surface area contributed by atoms with Gasteiger partial charge in [0.1, 0.15) is 0 Å². The SMILES string of the molecule is CNC(CCC(C)(C)C)CSc1ccccc1. The van der Waals surface area contributed by atoms with Gasteiger partial charge in [-0.1, -0.05) is 39.0 Å². The largest absolute Gasteiger partial charge is 0.316 e. The Kier molecular flexibility index (Phi) is 6.07. The smallest absolute Gasteiger partial charge is 0.0158 e. The summed E-state index contributed by atoms with van der Waals surface area (Å²) < 4.78 is 0. The second-order valence-corrected chi connectivity index (χ2v) is 6.80. The van der Waals surface area contributed by atoms with Crippen LogP contribution in [0.4, 0.5) is 0 Å². The van der Waals surface area contributed by atoms with Gasteiger partial charge in [-0.3, -0.25) is 0 Å². The van der Waals surface area contributed by atoms with Crippen molar-refractivity contribution in [3.63, 3.8) is 0 Å². The van der Waals surface area contributed by atoms with Crippen molar-refractivity contribution in [3.05, 3.63) is 30.3 Å². The van der Waals surface area contributed by atoms with Crippen LogP contribution in [0.5, 0.6) is 0 Å². The van der Waals surface area contributed by atoms with Crippen molar-refractivity contribution in [2.45, 2.75) is 44.6 Å². The maximum Gasteiger partial charge on any atom is 0.0158 e. The van der Waals surface area contributed by atoms with Gasteiger partial charge in [0.2, 0.25) is 0 Å². The number of hydrogen-bond acceptors (Lipinski definition) is 2. The highest BCUT2D eigenvalue weighted by Crippen LogP contribution is 2.24. The van der Waals surface area contributed by atoms with Gasteiger partial charge in [0.15, 0.2) is 0 Å². The lowest BCUT2D eigenvalue weighted by molar-refractivity contribution is 0.343. The Balaban J connectivity index is 2.33. The Bertz CT molecular complexity index is 302. The normalized spacial score (nSPS) is 13.6. The molecular formula is C15H25NS. The van der Waals surface area contributed by atoms with E-state index in [0.29, 0.717) is 11.5 Å². The molecule has 0 aliphatic carbocycles. The molecule has 0 aromatic heterocycles. The van der Waals surface area contributed by atoms with Crippen LogP contribution in [0, 0.1) is 5.41 Å². The highest BCUT2D eigenvalue weighted by atomic mass is 32.2. The van der Waals surface area contributed by atoms with Crippen LogP contribution in [0.3, 0.4) is 0 Å². The fourth-order valence-corrected chi connectivity index (χ4v) is 2.71. The summed E-state index contributed by atoms with van der Waals surface area (Å²) in [5.41, 5.74) is 0.437. The molecule has 0 saturated carbocycles. The van der Waals surface area contributed by atoms with Crippen molar-refractivity contribution in [1.29, 1.82) is 0 Å². The van der Waals surface area contributed by atoms with Crippen LogP contribution in [0.15, 0.2) is 35.2 Å². The monoisotopic (exact) mass is 251 g/mol. The second kappa shape index (κ2) is 7.07. The molecule has 1 rings (SSSR count). The van der Waals surface area contributed by atoms with Crippen LogP contribution in [0.1, 0.15) is 33.6 Å². The Morgan fingerprint density at radius 3 is 2.35 bits per heavy atom. The molecule has 1 N–H and O–H groups in total. The highest BCUT2D eigenvalue weighted by molar-refractivity contribution is 7.99. The molecule has 0 heterocycles. The lowest BCUT2D eigenvalue weighted by atomic mass is 9.89. The number of hydrogen-bond donors (Lipinski definition) is 1. The van der Waals surface area contributed by atoms with Crippen molar-refractivity contribution in [1.82, 2.24) is 5.32 Å². The first kappa shape index (κ1) is 14.6. The standard InChI is InChI=1S/C15H25NS/c1-15(2,3)11-10-13(16-4)12-17-14-8-6-5-7-9-14/h5-9,13,16H,10-12H2,1-4H3. The molecule has 0 aliphatic heterocycles. The summed E-state index contributed by atoms with van der Waals surface area (Å²) in [5.74, 6) is 1.15. The number of nitrogens with one attached hydrogen (secondary N) is 1. The molecule has 0 saturated heterocycles. The molecule has 0 bridgehead atoms. The summed E-state index contributed by atoms with van der Waals surface area (Å²) in [5, 5.41) is 3.42. The average molecular weight is 251 g/mol. The van der Waals surface area contributed by atoms with E-state index in [9.17, 15) is 0 Å². The molecule has 1 atom stereocenters.